The number of nitrogens with one attached hydrogen (secondary N) is 1. The molecule has 1 N–H and O–H groups in total. The number of hydrogen-bond donors (Lipinski definition) is 1. The minimum Gasteiger partial charge on any atom is -0.490 e. The van der Waals surface area contributed by atoms with Gasteiger partial charge in [-0.25, -0.2) is 4.79 Å². The Morgan fingerprint density at radius 3 is 2.66 bits per heavy atom. The third kappa shape index (κ3) is 5.02. The summed E-state index contributed by atoms with van der Waals surface area (Å²) in [6.45, 7) is 5.74. The SMILES string of the molecule is C=C1C(C#N)=C(C)C(=NNc2cccc(C(=O)OCCOc3ccccc3)c2)C(=O)N1C. The Hall–Kier alpha value is -4.38. The van der Waals surface area contributed by atoms with Crippen molar-refractivity contribution in [3.8, 4) is 11.8 Å². The van der Waals surface area contributed by atoms with Gasteiger partial charge in [-0.2, -0.15) is 10.4 Å². The number of benzene rings is 2. The van der Waals surface area contributed by atoms with Crippen molar-refractivity contribution < 1.29 is 19.1 Å². The molecule has 0 bridgehead atoms. The van der Waals surface area contributed by atoms with Crippen molar-refractivity contribution in [1.29, 1.82) is 5.26 Å². The first-order chi connectivity index (χ1) is 15.4. The summed E-state index contributed by atoms with van der Waals surface area (Å²) >= 11 is 0. The molecule has 2 aromatic rings. The summed E-state index contributed by atoms with van der Waals surface area (Å²) < 4.78 is 10.7. The van der Waals surface area contributed by atoms with E-state index in [-0.39, 0.29) is 24.8 Å². The van der Waals surface area contributed by atoms with Crippen LogP contribution in [0.1, 0.15) is 17.3 Å². The largest absolute Gasteiger partial charge is 0.490 e. The number of carbonyl (C=O) groups excluding carboxylic acids is 2. The quantitative estimate of drug-likeness (QED) is 0.410. The summed E-state index contributed by atoms with van der Waals surface area (Å²) in [4.78, 5) is 26.1. The van der Waals surface area contributed by atoms with E-state index in [1.165, 1.54) is 11.9 Å². The lowest BCUT2D eigenvalue weighted by molar-refractivity contribution is -0.121. The van der Waals surface area contributed by atoms with Gasteiger partial charge < -0.3 is 14.4 Å². The molecule has 0 aliphatic carbocycles. The highest BCUT2D eigenvalue weighted by molar-refractivity contribution is 6.46. The minimum absolute atomic E-state index is 0.0966. The lowest BCUT2D eigenvalue weighted by atomic mass is 9.98. The van der Waals surface area contributed by atoms with E-state index in [1.807, 2.05) is 36.4 Å². The van der Waals surface area contributed by atoms with Crippen LogP contribution in [-0.4, -0.2) is 42.7 Å². The standard InChI is InChI=1S/C24H22N4O4/c1-16-21(15-25)17(2)28(3)23(29)22(16)27-26-19-9-7-8-18(14-19)24(30)32-13-12-31-20-10-5-4-6-11-20/h4-11,14,26H,2,12-13H2,1,3H3. The van der Waals surface area contributed by atoms with Crippen LogP contribution in [0.3, 0.4) is 0 Å². The highest BCUT2D eigenvalue weighted by Gasteiger charge is 2.30. The Bertz CT molecular complexity index is 1150. The average molecular weight is 430 g/mol. The zero-order valence-electron chi connectivity index (χ0n) is 17.8. The molecule has 0 saturated heterocycles. The van der Waals surface area contributed by atoms with E-state index in [2.05, 4.69) is 17.1 Å². The van der Waals surface area contributed by atoms with E-state index in [4.69, 9.17) is 9.47 Å². The molecule has 8 heteroatoms. The average Bonchev–Trinajstić information content (AvgIpc) is 2.81. The third-order valence-corrected chi connectivity index (χ3v) is 4.77. The monoisotopic (exact) mass is 430 g/mol. The molecular weight excluding hydrogens is 408 g/mol. The number of nitrogens with zero attached hydrogens (tertiary/aromatic N) is 3. The van der Waals surface area contributed by atoms with Gasteiger partial charge in [0.2, 0.25) is 0 Å². The molecule has 8 nitrogen and oxygen atoms in total. The summed E-state index contributed by atoms with van der Waals surface area (Å²) in [5.41, 5.74) is 4.73. The van der Waals surface area contributed by atoms with Crippen molar-refractivity contribution >= 4 is 23.3 Å². The fourth-order valence-corrected chi connectivity index (χ4v) is 2.95. The molecule has 0 aromatic heterocycles. The number of likely N-dealkylation sites (N-methyl/N-ethyl adjacent to an activating group) is 1. The molecular formula is C24H22N4O4. The van der Waals surface area contributed by atoms with Gasteiger partial charge in [0.05, 0.1) is 22.5 Å². The van der Waals surface area contributed by atoms with Gasteiger partial charge in [-0.15, -0.1) is 0 Å². The van der Waals surface area contributed by atoms with Gasteiger partial charge in [-0.3, -0.25) is 10.2 Å². The maximum absolute atomic E-state index is 12.5. The van der Waals surface area contributed by atoms with E-state index in [0.717, 1.165) is 0 Å². The molecule has 0 fully saturated rings. The summed E-state index contributed by atoms with van der Waals surface area (Å²) in [5, 5.41) is 13.5. The minimum atomic E-state index is -0.509. The van der Waals surface area contributed by atoms with Gasteiger partial charge in [-0.05, 0) is 37.3 Å². The summed E-state index contributed by atoms with van der Waals surface area (Å²) in [6, 6.07) is 17.8. The van der Waals surface area contributed by atoms with Crippen molar-refractivity contribution in [2.24, 2.45) is 5.10 Å². The summed E-state index contributed by atoms with van der Waals surface area (Å²) in [5.74, 6) is -0.192. The Morgan fingerprint density at radius 2 is 1.94 bits per heavy atom. The second kappa shape index (κ2) is 10.1. The number of hydrazone groups is 1. The molecule has 32 heavy (non-hydrogen) atoms. The molecule has 1 heterocycles. The van der Waals surface area contributed by atoms with Crippen molar-refractivity contribution in [3.63, 3.8) is 0 Å². The molecule has 1 aliphatic heterocycles. The van der Waals surface area contributed by atoms with Crippen LogP contribution in [0.4, 0.5) is 5.69 Å². The number of nitriles is 1. The van der Waals surface area contributed by atoms with Crippen LogP contribution in [0.2, 0.25) is 0 Å². The molecule has 162 valence electrons. The number of allylic oxidation sites excluding steroid dienone is 1. The van der Waals surface area contributed by atoms with Crippen LogP contribution in [0.25, 0.3) is 0 Å². The maximum Gasteiger partial charge on any atom is 0.338 e. The molecule has 0 unspecified atom stereocenters. The van der Waals surface area contributed by atoms with Gasteiger partial charge in [0.1, 0.15) is 25.0 Å². The van der Waals surface area contributed by atoms with Crippen molar-refractivity contribution in [3.05, 3.63) is 83.6 Å². The van der Waals surface area contributed by atoms with Crippen LogP contribution < -0.4 is 10.2 Å². The highest BCUT2D eigenvalue weighted by atomic mass is 16.6. The summed E-state index contributed by atoms with van der Waals surface area (Å²) in [6.07, 6.45) is 0. The zero-order valence-corrected chi connectivity index (χ0v) is 17.8. The lowest BCUT2D eigenvalue weighted by Gasteiger charge is -2.26. The van der Waals surface area contributed by atoms with Crippen LogP contribution >= 0.6 is 0 Å². The second-order valence-corrected chi connectivity index (χ2v) is 6.87. The van der Waals surface area contributed by atoms with E-state index in [1.54, 1.807) is 31.2 Å². The number of anilines is 1. The fraction of sp³-hybridized carbons (Fsp3) is 0.167. The van der Waals surface area contributed by atoms with E-state index >= 15 is 0 Å². The smallest absolute Gasteiger partial charge is 0.338 e. The van der Waals surface area contributed by atoms with Gasteiger partial charge >= 0.3 is 5.97 Å². The van der Waals surface area contributed by atoms with Gasteiger partial charge in [0.15, 0.2) is 5.71 Å². The van der Waals surface area contributed by atoms with Crippen molar-refractivity contribution in [2.45, 2.75) is 6.92 Å². The van der Waals surface area contributed by atoms with E-state index in [9.17, 15) is 14.9 Å². The number of carbonyl (C=O) groups is 2. The van der Waals surface area contributed by atoms with Crippen LogP contribution in [0.15, 0.2) is 83.1 Å². The molecule has 0 spiro atoms. The molecule has 1 amide bonds. The lowest BCUT2D eigenvalue weighted by Crippen LogP contribution is -2.38. The first-order valence-electron chi connectivity index (χ1n) is 9.79. The molecule has 0 saturated carbocycles. The predicted octanol–water partition coefficient (Wildman–Crippen LogP) is 3.52. The number of hydrogen-bond acceptors (Lipinski definition) is 7. The molecule has 0 radical (unpaired) electrons. The number of ether oxygens (including phenoxy) is 2. The Labute approximate surface area is 186 Å². The zero-order chi connectivity index (χ0) is 23.1. The maximum atomic E-state index is 12.5. The van der Waals surface area contributed by atoms with Gasteiger partial charge in [0, 0.05) is 12.6 Å². The third-order valence-electron chi connectivity index (χ3n) is 4.77. The first-order valence-corrected chi connectivity index (χ1v) is 9.79. The molecule has 0 atom stereocenters. The van der Waals surface area contributed by atoms with Crippen LogP contribution in [0, 0.1) is 11.3 Å². The number of rotatable bonds is 7. The van der Waals surface area contributed by atoms with Gasteiger partial charge in [-0.1, -0.05) is 30.8 Å². The Morgan fingerprint density at radius 1 is 1.19 bits per heavy atom. The molecule has 3 rings (SSSR count). The first kappa shape index (κ1) is 22.3. The van der Waals surface area contributed by atoms with Crippen molar-refractivity contribution in [2.75, 3.05) is 25.7 Å². The number of amides is 1. The Kier molecular flexibility index (Phi) is 7.03. The highest BCUT2D eigenvalue weighted by Crippen LogP contribution is 2.24. The molecule has 2 aromatic carbocycles. The van der Waals surface area contributed by atoms with E-state index in [0.29, 0.717) is 33.8 Å². The normalized spacial score (nSPS) is 14.9. The number of esters is 1. The Balaban J connectivity index is 1.64. The number of para-hydroxylation sites is 1. The predicted molar refractivity (Wildman–Crippen MR) is 120 cm³/mol. The van der Waals surface area contributed by atoms with Gasteiger partial charge in [0.25, 0.3) is 5.91 Å². The topological polar surface area (TPSA) is 104 Å². The summed E-state index contributed by atoms with van der Waals surface area (Å²) in [7, 11) is 1.53. The fourth-order valence-electron chi connectivity index (χ4n) is 2.95. The van der Waals surface area contributed by atoms with E-state index < -0.39 is 5.97 Å². The second-order valence-electron chi connectivity index (χ2n) is 6.87. The van der Waals surface area contributed by atoms with Crippen LogP contribution in [-0.2, 0) is 9.53 Å². The van der Waals surface area contributed by atoms with Crippen LogP contribution in [0.5, 0.6) is 5.75 Å². The molecule has 1 aliphatic rings. The van der Waals surface area contributed by atoms with Crippen molar-refractivity contribution in [1.82, 2.24) is 4.90 Å².